The van der Waals surface area contributed by atoms with Crippen LogP contribution in [0.2, 0.25) is 0 Å². The van der Waals surface area contributed by atoms with Crippen LogP contribution in [0.4, 0.5) is 13.2 Å². The second kappa shape index (κ2) is 5.28. The van der Waals surface area contributed by atoms with Crippen LogP contribution < -0.4 is 0 Å². The van der Waals surface area contributed by atoms with E-state index in [0.717, 1.165) is 25.0 Å². The zero-order valence-electron chi connectivity index (χ0n) is 10.7. The predicted octanol–water partition coefficient (Wildman–Crippen LogP) is 4.80. The van der Waals surface area contributed by atoms with Crippen LogP contribution >= 0.6 is 27.5 Å². The van der Waals surface area contributed by atoms with E-state index in [2.05, 4.69) is 26.1 Å². The minimum absolute atomic E-state index is 0.181. The quantitative estimate of drug-likeness (QED) is 0.716. The van der Waals surface area contributed by atoms with E-state index >= 15 is 0 Å². The summed E-state index contributed by atoms with van der Waals surface area (Å²) in [6.07, 6.45) is -2.47. The maximum atomic E-state index is 12.9. The number of halogens is 5. The lowest BCUT2D eigenvalue weighted by Crippen LogP contribution is -2.06. The Labute approximate surface area is 132 Å². The third kappa shape index (κ3) is 2.81. The first kappa shape index (κ1) is 14.8. The molecule has 0 saturated heterocycles. The third-order valence-corrected chi connectivity index (χ3v) is 4.26. The summed E-state index contributed by atoms with van der Waals surface area (Å²) in [4.78, 5) is 0. The van der Waals surface area contributed by atoms with Gasteiger partial charge < -0.3 is 4.57 Å². The van der Waals surface area contributed by atoms with E-state index in [1.165, 1.54) is 6.07 Å². The maximum absolute atomic E-state index is 12.9. The minimum Gasteiger partial charge on any atom is -0.307 e. The van der Waals surface area contributed by atoms with E-state index in [-0.39, 0.29) is 11.9 Å². The first-order valence-electron chi connectivity index (χ1n) is 6.28. The van der Waals surface area contributed by atoms with Crippen LogP contribution in [-0.4, -0.2) is 14.8 Å². The molecule has 0 aliphatic heterocycles. The highest BCUT2D eigenvalue weighted by Gasteiger charge is 2.33. The summed E-state index contributed by atoms with van der Waals surface area (Å²) >= 11 is 9.12. The molecule has 0 atom stereocenters. The van der Waals surface area contributed by atoms with Crippen molar-refractivity contribution < 1.29 is 13.2 Å². The second-order valence-electron chi connectivity index (χ2n) is 4.87. The lowest BCUT2D eigenvalue weighted by molar-refractivity contribution is -0.137. The molecule has 1 aromatic carbocycles. The highest BCUT2D eigenvalue weighted by atomic mass is 79.9. The van der Waals surface area contributed by atoms with Gasteiger partial charge in [0.2, 0.25) is 0 Å². The molecular weight excluding hydrogens is 371 g/mol. The fourth-order valence-electron chi connectivity index (χ4n) is 2.19. The molecule has 0 spiro atoms. The smallest absolute Gasteiger partial charge is 0.307 e. The molecule has 1 saturated carbocycles. The monoisotopic (exact) mass is 379 g/mol. The Hall–Kier alpha value is -1.08. The van der Waals surface area contributed by atoms with Crippen LogP contribution in [0.3, 0.4) is 0 Å². The normalized spacial score (nSPS) is 15.5. The molecule has 0 unspecified atom stereocenters. The molecule has 0 bridgehead atoms. The minimum atomic E-state index is -4.39. The molecule has 3 rings (SSSR count). The van der Waals surface area contributed by atoms with Gasteiger partial charge in [-0.1, -0.05) is 15.9 Å². The molecule has 21 heavy (non-hydrogen) atoms. The molecule has 0 radical (unpaired) electrons. The van der Waals surface area contributed by atoms with Crippen molar-refractivity contribution in [2.24, 2.45) is 0 Å². The van der Waals surface area contributed by atoms with E-state index in [1.807, 2.05) is 4.57 Å². The van der Waals surface area contributed by atoms with Crippen LogP contribution in [0.5, 0.6) is 0 Å². The van der Waals surface area contributed by atoms with Crippen LogP contribution in [0, 0.1) is 0 Å². The Morgan fingerprint density at radius 1 is 1.29 bits per heavy atom. The van der Waals surface area contributed by atoms with Crippen molar-refractivity contribution in [3.05, 3.63) is 34.1 Å². The zero-order valence-corrected chi connectivity index (χ0v) is 13.0. The average Bonchev–Trinajstić information content (AvgIpc) is 3.17. The van der Waals surface area contributed by atoms with E-state index < -0.39 is 11.7 Å². The molecule has 0 N–H and O–H groups in total. The van der Waals surface area contributed by atoms with Gasteiger partial charge in [-0.05, 0) is 31.0 Å². The van der Waals surface area contributed by atoms with Gasteiger partial charge in [0.25, 0.3) is 0 Å². The predicted molar refractivity (Wildman–Crippen MR) is 76.0 cm³/mol. The van der Waals surface area contributed by atoms with E-state index in [9.17, 15) is 13.2 Å². The van der Waals surface area contributed by atoms with Gasteiger partial charge in [0.1, 0.15) is 5.82 Å². The summed E-state index contributed by atoms with van der Waals surface area (Å²) in [6, 6.07) is 3.73. The fourth-order valence-corrected chi connectivity index (χ4v) is 2.79. The molecule has 1 fully saturated rings. The number of hydrogen-bond acceptors (Lipinski definition) is 2. The fraction of sp³-hybridized carbons (Fsp3) is 0.385. The van der Waals surface area contributed by atoms with E-state index in [0.29, 0.717) is 21.7 Å². The molecule has 112 valence electrons. The lowest BCUT2D eigenvalue weighted by atomic mass is 10.1. The Morgan fingerprint density at radius 3 is 2.57 bits per heavy atom. The Balaban J connectivity index is 2.14. The molecule has 0 amide bonds. The third-order valence-electron chi connectivity index (χ3n) is 3.33. The topological polar surface area (TPSA) is 30.7 Å². The molecule has 8 heteroatoms. The molecule has 1 heterocycles. The van der Waals surface area contributed by atoms with E-state index in [4.69, 9.17) is 11.6 Å². The van der Waals surface area contributed by atoms with Gasteiger partial charge in [0, 0.05) is 16.1 Å². The molecule has 1 aliphatic rings. The van der Waals surface area contributed by atoms with Crippen molar-refractivity contribution in [2.45, 2.75) is 30.9 Å². The number of alkyl halides is 4. The summed E-state index contributed by atoms with van der Waals surface area (Å²) < 4.78 is 41.0. The van der Waals surface area contributed by atoms with Gasteiger partial charge in [-0.15, -0.1) is 21.8 Å². The largest absolute Gasteiger partial charge is 0.416 e. The molecule has 2 aromatic rings. The average molecular weight is 381 g/mol. The van der Waals surface area contributed by atoms with Gasteiger partial charge in [0.05, 0.1) is 11.4 Å². The summed E-state index contributed by atoms with van der Waals surface area (Å²) in [5, 5.41) is 8.02. The number of benzene rings is 1. The summed E-state index contributed by atoms with van der Waals surface area (Å²) in [6.45, 7) is 0. The van der Waals surface area contributed by atoms with Crippen LogP contribution in [0.1, 0.15) is 30.3 Å². The number of rotatable bonds is 3. The van der Waals surface area contributed by atoms with Crippen molar-refractivity contribution in [1.29, 1.82) is 0 Å². The summed E-state index contributed by atoms with van der Waals surface area (Å²) in [5.41, 5.74) is -0.334. The van der Waals surface area contributed by atoms with Crippen LogP contribution in [0.25, 0.3) is 11.4 Å². The van der Waals surface area contributed by atoms with Gasteiger partial charge in [-0.25, -0.2) is 0 Å². The second-order valence-corrected chi connectivity index (χ2v) is 5.99. The van der Waals surface area contributed by atoms with Gasteiger partial charge >= 0.3 is 6.18 Å². The number of hydrogen-bond donors (Lipinski definition) is 0. The number of nitrogens with zero attached hydrogens (tertiary/aromatic N) is 3. The van der Waals surface area contributed by atoms with Crippen LogP contribution in [0.15, 0.2) is 22.7 Å². The summed E-state index contributed by atoms with van der Waals surface area (Å²) in [7, 11) is 0. The van der Waals surface area contributed by atoms with Gasteiger partial charge in [0.15, 0.2) is 5.82 Å². The van der Waals surface area contributed by atoms with Crippen molar-refractivity contribution in [2.75, 3.05) is 0 Å². The molecule has 1 aliphatic carbocycles. The highest BCUT2D eigenvalue weighted by Crippen LogP contribution is 2.41. The Kier molecular flexibility index (Phi) is 3.73. The zero-order chi connectivity index (χ0) is 15.2. The number of aromatic nitrogens is 3. The molecule has 1 aromatic heterocycles. The van der Waals surface area contributed by atoms with Crippen molar-refractivity contribution in [3.8, 4) is 11.4 Å². The highest BCUT2D eigenvalue weighted by molar-refractivity contribution is 9.10. The summed E-state index contributed by atoms with van der Waals surface area (Å²) in [5.74, 6) is 1.18. The van der Waals surface area contributed by atoms with E-state index in [1.54, 1.807) is 0 Å². The standard InChI is InChI=1S/C13H10BrClF3N3/c14-10-4-1-7(13(16,17)18)5-9(10)12-20-19-11(6-15)21(12)8-2-3-8/h1,4-5,8H,2-3,6H2. The molecule has 3 nitrogen and oxygen atoms in total. The maximum Gasteiger partial charge on any atom is 0.416 e. The van der Waals surface area contributed by atoms with Crippen molar-refractivity contribution in [1.82, 2.24) is 14.8 Å². The molecular formula is C13H10BrClF3N3. The first-order valence-corrected chi connectivity index (χ1v) is 7.61. The SMILES string of the molecule is FC(F)(F)c1ccc(Br)c(-c2nnc(CCl)n2C2CC2)c1. The van der Waals surface area contributed by atoms with Crippen molar-refractivity contribution >= 4 is 27.5 Å². The first-order chi connectivity index (χ1) is 9.91. The van der Waals surface area contributed by atoms with Crippen molar-refractivity contribution in [3.63, 3.8) is 0 Å². The van der Waals surface area contributed by atoms with Gasteiger partial charge in [-0.2, -0.15) is 13.2 Å². The van der Waals surface area contributed by atoms with Crippen LogP contribution in [-0.2, 0) is 12.1 Å². The Bertz CT molecular complexity index is 680. The Morgan fingerprint density at radius 2 is 2.00 bits per heavy atom. The van der Waals surface area contributed by atoms with Gasteiger partial charge in [-0.3, -0.25) is 0 Å². The lowest BCUT2D eigenvalue weighted by Gasteiger charge is -2.12.